The zero-order valence-corrected chi connectivity index (χ0v) is 40.8. The van der Waals surface area contributed by atoms with Gasteiger partial charge in [-0.1, -0.05) is 23.5 Å². The van der Waals surface area contributed by atoms with Crippen LogP contribution in [-0.2, 0) is 19.1 Å². The lowest BCUT2D eigenvalue weighted by molar-refractivity contribution is -0.150. The molecule has 4 heterocycles. The smallest absolute Gasteiger partial charge is 0.312 e. The molecule has 64 heavy (non-hydrogen) atoms. The third kappa shape index (κ3) is 12.2. The minimum Gasteiger partial charge on any atom is -0.508 e. The van der Waals surface area contributed by atoms with Crippen LogP contribution in [0.3, 0.4) is 0 Å². The highest BCUT2D eigenvalue weighted by atomic mass is 127. The molecule has 0 saturated heterocycles. The summed E-state index contributed by atoms with van der Waals surface area (Å²) in [6, 6.07) is 10.7. The Balaban J connectivity index is 1.04. The Morgan fingerprint density at radius 3 is 2.36 bits per heavy atom. The maximum absolute atomic E-state index is 13.5. The van der Waals surface area contributed by atoms with Crippen molar-refractivity contribution in [3.8, 4) is 5.75 Å². The number of esters is 1. The molecule has 2 aromatic heterocycles. The summed E-state index contributed by atoms with van der Waals surface area (Å²) >= 11 is 4.05. The van der Waals surface area contributed by atoms with Crippen molar-refractivity contribution in [1.82, 2.24) is 20.9 Å². The number of thiophene rings is 1. The maximum Gasteiger partial charge on any atom is 0.312 e. The largest absolute Gasteiger partial charge is 0.508 e. The Kier molecular flexibility index (Phi) is 16.5. The van der Waals surface area contributed by atoms with Gasteiger partial charge in [-0.3, -0.25) is 44.9 Å². The van der Waals surface area contributed by atoms with E-state index in [1.165, 1.54) is 34.2 Å². The molecule has 0 bridgehead atoms. The summed E-state index contributed by atoms with van der Waals surface area (Å²) in [5.74, 6) is -1.16. The molecule has 20 heteroatoms. The van der Waals surface area contributed by atoms with E-state index in [9.17, 15) is 24.3 Å². The van der Waals surface area contributed by atoms with E-state index in [1.807, 2.05) is 13.8 Å². The summed E-state index contributed by atoms with van der Waals surface area (Å²) in [6.07, 6.45) is 2.00. The fourth-order valence-electron chi connectivity index (χ4n) is 6.45. The van der Waals surface area contributed by atoms with Crippen molar-refractivity contribution in [3.63, 3.8) is 0 Å². The molecule has 2 aromatic carbocycles. The molecule has 3 amide bonds. The van der Waals surface area contributed by atoms with Crippen LogP contribution >= 0.6 is 55.9 Å². The predicted molar refractivity (Wildman–Crippen MR) is 266 cm³/mol. The van der Waals surface area contributed by atoms with Crippen LogP contribution in [0.2, 0.25) is 0 Å². The highest BCUT2D eigenvalue weighted by Gasteiger charge is 2.35. The van der Waals surface area contributed by atoms with Gasteiger partial charge in [0.15, 0.2) is 0 Å². The first kappa shape index (κ1) is 48.4. The van der Waals surface area contributed by atoms with Gasteiger partial charge in [0, 0.05) is 88.4 Å². The van der Waals surface area contributed by atoms with Crippen molar-refractivity contribution < 1.29 is 33.8 Å². The normalized spacial score (nSPS) is 14.8. The number of hydrogen-bond acceptors (Lipinski definition) is 15. The molecule has 0 spiro atoms. The number of phenols is 1. The van der Waals surface area contributed by atoms with E-state index in [0.717, 1.165) is 21.0 Å². The molecule has 16 nitrogen and oxygen atoms in total. The number of fused-ring (bicyclic) bond motifs is 2. The summed E-state index contributed by atoms with van der Waals surface area (Å²) in [4.78, 5) is 64.9. The van der Waals surface area contributed by atoms with Crippen LogP contribution in [-0.4, -0.2) is 104 Å². The number of pyridine rings is 1. The number of amidine groups is 2. The molecule has 0 radical (unpaired) electrons. The molecule has 0 aliphatic carbocycles. The van der Waals surface area contributed by atoms with Crippen LogP contribution in [0, 0.1) is 30.1 Å². The number of aromatic hydroxyl groups is 1. The number of aliphatic imine (C=N–C) groups is 1. The molecule has 0 saturated carbocycles. The first-order valence-electron chi connectivity index (χ1n) is 20.3. The zero-order chi connectivity index (χ0) is 46.1. The number of hydrogen-bond donors (Lipinski definition) is 6. The molecule has 6 N–H and O–H groups in total. The summed E-state index contributed by atoms with van der Waals surface area (Å²) in [6.45, 7) is 11.9. The van der Waals surface area contributed by atoms with Gasteiger partial charge in [-0.15, -0.1) is 11.3 Å². The Hall–Kier alpha value is -5.03. The molecule has 6 rings (SSSR count). The van der Waals surface area contributed by atoms with Crippen molar-refractivity contribution in [3.05, 3.63) is 81.4 Å². The number of thioether (sulfide) groups is 2. The third-order valence-electron chi connectivity index (χ3n) is 9.88. The summed E-state index contributed by atoms with van der Waals surface area (Å²) in [5.41, 5.74) is 3.57. The highest BCUT2D eigenvalue weighted by Crippen LogP contribution is 2.40. The predicted octanol–water partition coefficient (Wildman–Crippen LogP) is 7.12. The number of amides is 3. The Labute approximate surface area is 394 Å². The standard InChI is InChI=1S/C44H50IN9O7S3/c1-24-25(2)64-42-36(24)38(27-7-9-31(55)10-8-27)52-32(39(47)54(42)26(3)46)20-34(56)48-13-15-60-16-14-50-40(57)29-17-28-18-30(41(58)49-12-11-35-53-45-22-62-35)21-51-37(28)33(19-29)63-23-61-43(59)44(4,5)6/h7-10,17-19,21-22,32,46-47,55H,11-16,20,23H2,1-6H3,(H,48,56)(H,49,58)(H,50,57)/t32-/m1/s1. The van der Waals surface area contributed by atoms with Gasteiger partial charge < -0.3 is 30.5 Å². The van der Waals surface area contributed by atoms with E-state index in [2.05, 4.69) is 27.5 Å². The maximum atomic E-state index is 13.5. The SMILES string of the molecule is CC(=N)N1C(=N)[C@@H](CC(=O)NCCOCCNC(=O)c2cc(SCOC(=O)C(C)(C)C)c3ncc(C(=O)NCCC4=NI=CS4)cc3c2)N=C(c2ccc(O)cc2)c2c1sc(C)c2C. The van der Waals surface area contributed by atoms with Crippen LogP contribution in [0.5, 0.6) is 5.75 Å². The van der Waals surface area contributed by atoms with Gasteiger partial charge in [0.25, 0.3) is 11.8 Å². The third-order valence-corrected chi connectivity index (χ3v) is 15.3. The van der Waals surface area contributed by atoms with E-state index in [4.69, 9.17) is 25.3 Å². The molecule has 338 valence electrons. The van der Waals surface area contributed by atoms with E-state index in [0.29, 0.717) is 56.2 Å². The molecule has 2 aliphatic heterocycles. The van der Waals surface area contributed by atoms with Crippen molar-refractivity contribution >= 4 is 121 Å². The topological polar surface area (TPSA) is 232 Å². The average Bonchev–Trinajstić information content (AvgIpc) is 3.85. The highest BCUT2D eigenvalue weighted by molar-refractivity contribution is 14.2. The quantitative estimate of drug-likeness (QED) is 0.0119. The Morgan fingerprint density at radius 1 is 0.984 bits per heavy atom. The second-order valence-corrected chi connectivity index (χ2v) is 21.4. The number of ether oxygens (including phenoxy) is 2. The van der Waals surface area contributed by atoms with Crippen LogP contribution in [0.15, 0.2) is 61.8 Å². The number of benzene rings is 2. The lowest BCUT2D eigenvalue weighted by atomic mass is 9.98. The van der Waals surface area contributed by atoms with Crippen molar-refractivity contribution in [2.45, 2.75) is 65.3 Å². The van der Waals surface area contributed by atoms with Gasteiger partial charge in [-0.2, -0.15) is 0 Å². The van der Waals surface area contributed by atoms with Crippen molar-refractivity contribution in [1.29, 1.82) is 10.8 Å². The number of carbonyl (C=O) groups is 4. The second-order valence-electron chi connectivity index (χ2n) is 15.7. The molecule has 0 unspecified atom stereocenters. The number of aromatic nitrogens is 1. The average molecular weight is 1040 g/mol. The summed E-state index contributed by atoms with van der Waals surface area (Å²) in [7, 11) is 0. The fraction of sp³-hybridized carbons (Fsp3) is 0.364. The van der Waals surface area contributed by atoms with Gasteiger partial charge >= 0.3 is 5.97 Å². The monoisotopic (exact) mass is 1040 g/mol. The van der Waals surface area contributed by atoms with E-state index in [1.54, 1.807) is 81.9 Å². The summed E-state index contributed by atoms with van der Waals surface area (Å²) < 4.78 is 17.8. The molecule has 4 aromatic rings. The lowest BCUT2D eigenvalue weighted by Gasteiger charge is -2.24. The van der Waals surface area contributed by atoms with Crippen LogP contribution in [0.25, 0.3) is 10.9 Å². The summed E-state index contributed by atoms with van der Waals surface area (Å²) in [5, 5.41) is 38.5. The van der Waals surface area contributed by atoms with Crippen LogP contribution in [0.4, 0.5) is 5.00 Å². The molecule has 2 aliphatic rings. The van der Waals surface area contributed by atoms with Gasteiger partial charge in [0.2, 0.25) is 5.91 Å². The van der Waals surface area contributed by atoms with E-state index >= 15 is 0 Å². The molecular formula is C44H50IN9O7S3. The molecule has 0 fully saturated rings. The Morgan fingerprint density at radius 2 is 1.67 bits per heavy atom. The Bertz CT molecular complexity index is 2570. The van der Waals surface area contributed by atoms with Gasteiger partial charge in [-0.25, -0.2) is 3.21 Å². The minimum atomic E-state index is -0.896. The van der Waals surface area contributed by atoms with E-state index in [-0.39, 0.29) is 101 Å². The first-order chi connectivity index (χ1) is 30.5. The van der Waals surface area contributed by atoms with E-state index < -0.39 is 11.5 Å². The number of nitrogens with zero attached hydrogens (tertiary/aromatic N) is 4. The van der Waals surface area contributed by atoms with Gasteiger partial charge in [0.05, 0.1) is 46.9 Å². The van der Waals surface area contributed by atoms with Gasteiger partial charge in [0.1, 0.15) is 34.4 Å². The lowest BCUT2D eigenvalue weighted by Crippen LogP contribution is -2.42. The number of nitrogens with one attached hydrogen (secondary N) is 5. The first-order valence-corrected chi connectivity index (χ1v) is 25.1. The molecular weight excluding hydrogens is 990 g/mol. The number of halogens is 1. The minimum absolute atomic E-state index is 0.000543. The number of rotatable bonds is 17. The number of phenolic OH excluding ortho intramolecular Hbond substituents is 1. The van der Waals surface area contributed by atoms with Gasteiger partial charge in [-0.05, 0) is 89.6 Å². The second kappa shape index (κ2) is 21.8. The number of carbonyl (C=O) groups excluding carboxylic acids is 4. The van der Waals surface area contributed by atoms with Crippen molar-refractivity contribution in [2.75, 3.05) is 43.7 Å². The number of anilines is 1. The van der Waals surface area contributed by atoms with Crippen LogP contribution in [0.1, 0.15) is 82.8 Å². The zero-order valence-electron chi connectivity index (χ0n) is 36.2. The van der Waals surface area contributed by atoms with Crippen LogP contribution < -0.4 is 20.9 Å². The molecule has 1 atom stereocenters. The fourth-order valence-corrected chi connectivity index (χ4v) is 11.6. The van der Waals surface area contributed by atoms with Crippen molar-refractivity contribution in [2.24, 2.45) is 13.6 Å². The number of aryl methyl sites for hydroxylation is 1.